The third kappa shape index (κ3) is 10.3. The van der Waals surface area contributed by atoms with Gasteiger partial charge in [-0.05, 0) is 60.4 Å². The number of halogens is 2. The van der Waals surface area contributed by atoms with E-state index in [2.05, 4.69) is 10.6 Å². The maximum atomic E-state index is 11.8. The van der Waals surface area contributed by atoms with E-state index >= 15 is 0 Å². The SMILES string of the molecule is O=C(/C=C/c1cccc(Cl)c1)NCCCCCCNC(=O)/C=C/c1cccc(Cl)c1. The normalized spacial score (nSPS) is 11.1. The molecule has 0 aliphatic carbocycles. The molecule has 0 unspecified atom stereocenters. The van der Waals surface area contributed by atoms with Crippen LogP contribution in [0.1, 0.15) is 36.8 Å². The Labute approximate surface area is 188 Å². The van der Waals surface area contributed by atoms with E-state index in [1.54, 1.807) is 36.4 Å². The fourth-order valence-corrected chi connectivity index (χ4v) is 3.11. The van der Waals surface area contributed by atoms with Crippen LogP contribution in [0.3, 0.4) is 0 Å². The van der Waals surface area contributed by atoms with Gasteiger partial charge in [0.25, 0.3) is 0 Å². The first kappa shape index (κ1) is 23.7. The van der Waals surface area contributed by atoms with Gasteiger partial charge in [0.15, 0.2) is 0 Å². The van der Waals surface area contributed by atoms with Crippen LogP contribution in [0, 0.1) is 0 Å². The highest BCUT2D eigenvalue weighted by Crippen LogP contribution is 2.12. The molecule has 4 nitrogen and oxygen atoms in total. The second kappa shape index (κ2) is 13.6. The average Bonchev–Trinajstić information content (AvgIpc) is 2.73. The smallest absolute Gasteiger partial charge is 0.243 e. The molecule has 0 aliphatic rings. The first-order valence-corrected chi connectivity index (χ1v) is 10.7. The Hall–Kier alpha value is -2.56. The minimum atomic E-state index is -0.117. The fraction of sp³-hybridized carbons (Fsp3) is 0.250. The Balaban J connectivity index is 1.49. The summed E-state index contributed by atoms with van der Waals surface area (Å²) in [7, 11) is 0. The molecule has 2 aromatic rings. The Kier molecular flexibility index (Phi) is 10.8. The zero-order valence-electron chi connectivity index (χ0n) is 16.7. The molecule has 0 heterocycles. The van der Waals surface area contributed by atoms with Crippen molar-refractivity contribution in [2.45, 2.75) is 25.7 Å². The third-order valence-corrected chi connectivity index (χ3v) is 4.72. The molecular formula is C24H26Cl2N2O2. The molecule has 0 atom stereocenters. The second-order valence-electron chi connectivity index (χ2n) is 6.77. The summed E-state index contributed by atoms with van der Waals surface area (Å²) in [5.41, 5.74) is 1.78. The number of hydrogen-bond donors (Lipinski definition) is 2. The van der Waals surface area contributed by atoms with Crippen molar-refractivity contribution >= 4 is 47.2 Å². The molecular weight excluding hydrogens is 419 g/mol. The number of carbonyl (C=O) groups is 2. The number of unbranched alkanes of at least 4 members (excludes halogenated alkanes) is 3. The molecule has 0 radical (unpaired) electrons. The van der Waals surface area contributed by atoms with Gasteiger partial charge in [0.2, 0.25) is 11.8 Å². The van der Waals surface area contributed by atoms with Crippen LogP contribution >= 0.6 is 23.2 Å². The number of carbonyl (C=O) groups excluding carboxylic acids is 2. The van der Waals surface area contributed by atoms with Crippen LogP contribution in [0.25, 0.3) is 12.2 Å². The summed E-state index contributed by atoms with van der Waals surface area (Å²) in [5, 5.41) is 7.02. The highest BCUT2D eigenvalue weighted by molar-refractivity contribution is 6.31. The Morgan fingerprint density at radius 1 is 0.700 bits per heavy atom. The monoisotopic (exact) mass is 444 g/mol. The lowest BCUT2D eigenvalue weighted by molar-refractivity contribution is -0.117. The molecule has 0 bridgehead atoms. The minimum Gasteiger partial charge on any atom is -0.353 e. The van der Waals surface area contributed by atoms with Crippen molar-refractivity contribution in [1.29, 1.82) is 0 Å². The summed E-state index contributed by atoms with van der Waals surface area (Å²) < 4.78 is 0. The predicted octanol–water partition coefficient (Wildman–Crippen LogP) is 5.51. The largest absolute Gasteiger partial charge is 0.353 e. The predicted molar refractivity (Wildman–Crippen MR) is 125 cm³/mol. The van der Waals surface area contributed by atoms with Gasteiger partial charge in [-0.3, -0.25) is 9.59 Å². The molecule has 0 spiro atoms. The van der Waals surface area contributed by atoms with Crippen LogP contribution in [-0.2, 0) is 9.59 Å². The highest BCUT2D eigenvalue weighted by Gasteiger charge is 1.98. The summed E-state index contributed by atoms with van der Waals surface area (Å²) in [6, 6.07) is 14.7. The van der Waals surface area contributed by atoms with E-state index in [1.165, 1.54) is 12.2 Å². The van der Waals surface area contributed by atoms with Gasteiger partial charge in [-0.15, -0.1) is 0 Å². The van der Waals surface area contributed by atoms with E-state index < -0.39 is 0 Å². The van der Waals surface area contributed by atoms with Crippen molar-refractivity contribution in [2.75, 3.05) is 13.1 Å². The molecule has 0 saturated carbocycles. The maximum absolute atomic E-state index is 11.8. The molecule has 158 valence electrons. The first-order valence-electron chi connectivity index (χ1n) is 9.96. The first-order chi connectivity index (χ1) is 14.5. The van der Waals surface area contributed by atoms with Crippen molar-refractivity contribution in [1.82, 2.24) is 10.6 Å². The molecule has 2 rings (SSSR count). The maximum Gasteiger partial charge on any atom is 0.243 e. The van der Waals surface area contributed by atoms with Crippen LogP contribution in [0.15, 0.2) is 60.7 Å². The van der Waals surface area contributed by atoms with E-state index in [4.69, 9.17) is 23.2 Å². The van der Waals surface area contributed by atoms with Crippen LogP contribution in [0.4, 0.5) is 0 Å². The highest BCUT2D eigenvalue weighted by atomic mass is 35.5. The van der Waals surface area contributed by atoms with Crippen LogP contribution in [0.2, 0.25) is 10.0 Å². The van der Waals surface area contributed by atoms with Gasteiger partial charge in [-0.1, -0.05) is 60.3 Å². The van der Waals surface area contributed by atoms with E-state index in [9.17, 15) is 9.59 Å². The van der Waals surface area contributed by atoms with Crippen LogP contribution in [0.5, 0.6) is 0 Å². The minimum absolute atomic E-state index is 0.117. The molecule has 0 aromatic heterocycles. The van der Waals surface area contributed by atoms with Gasteiger partial charge in [-0.25, -0.2) is 0 Å². The Bertz CT molecular complexity index is 821. The van der Waals surface area contributed by atoms with E-state index in [0.717, 1.165) is 36.8 Å². The number of nitrogens with one attached hydrogen (secondary N) is 2. The van der Waals surface area contributed by atoms with Gasteiger partial charge in [0.05, 0.1) is 0 Å². The Morgan fingerprint density at radius 3 is 1.53 bits per heavy atom. The third-order valence-electron chi connectivity index (χ3n) is 4.25. The van der Waals surface area contributed by atoms with Gasteiger partial charge in [0, 0.05) is 35.3 Å². The van der Waals surface area contributed by atoms with Crippen molar-refractivity contribution in [3.63, 3.8) is 0 Å². The number of rotatable bonds is 11. The van der Waals surface area contributed by atoms with Crippen molar-refractivity contribution in [2.24, 2.45) is 0 Å². The van der Waals surface area contributed by atoms with Crippen molar-refractivity contribution in [3.8, 4) is 0 Å². The molecule has 30 heavy (non-hydrogen) atoms. The number of hydrogen-bond acceptors (Lipinski definition) is 2. The zero-order chi connectivity index (χ0) is 21.6. The van der Waals surface area contributed by atoms with Crippen molar-refractivity contribution in [3.05, 3.63) is 81.9 Å². The van der Waals surface area contributed by atoms with E-state index in [0.29, 0.717) is 23.1 Å². The molecule has 2 N–H and O–H groups in total. The van der Waals surface area contributed by atoms with E-state index in [-0.39, 0.29) is 11.8 Å². The van der Waals surface area contributed by atoms with Crippen LogP contribution in [-0.4, -0.2) is 24.9 Å². The van der Waals surface area contributed by atoms with Gasteiger partial charge >= 0.3 is 0 Å². The summed E-state index contributed by atoms with van der Waals surface area (Å²) in [4.78, 5) is 23.6. The summed E-state index contributed by atoms with van der Waals surface area (Å²) in [6.45, 7) is 1.26. The number of benzene rings is 2. The van der Waals surface area contributed by atoms with Crippen LogP contribution < -0.4 is 10.6 Å². The lowest BCUT2D eigenvalue weighted by Crippen LogP contribution is -2.23. The lowest BCUT2D eigenvalue weighted by atomic mass is 10.2. The molecule has 0 saturated heterocycles. The number of amides is 2. The standard InChI is InChI=1S/C24H26Cl2N2O2/c25-21-9-5-7-19(17-21)11-13-23(29)27-15-3-1-2-4-16-28-24(30)14-12-20-8-6-10-22(26)18-20/h5-14,17-18H,1-4,15-16H2,(H,27,29)(H,28,30)/b13-11+,14-12+. The van der Waals surface area contributed by atoms with Gasteiger partial charge < -0.3 is 10.6 Å². The lowest BCUT2D eigenvalue weighted by Gasteiger charge is -2.04. The summed E-state index contributed by atoms with van der Waals surface area (Å²) >= 11 is 11.8. The molecule has 2 amide bonds. The van der Waals surface area contributed by atoms with Gasteiger partial charge in [-0.2, -0.15) is 0 Å². The molecule has 0 fully saturated rings. The topological polar surface area (TPSA) is 58.2 Å². The summed E-state index contributed by atoms with van der Waals surface area (Å²) in [6.07, 6.45) is 10.3. The summed E-state index contributed by atoms with van der Waals surface area (Å²) in [5.74, 6) is -0.234. The quantitative estimate of drug-likeness (QED) is 0.354. The average molecular weight is 445 g/mol. The molecule has 2 aromatic carbocycles. The Morgan fingerprint density at radius 2 is 1.13 bits per heavy atom. The van der Waals surface area contributed by atoms with Crippen molar-refractivity contribution < 1.29 is 9.59 Å². The molecule has 0 aliphatic heterocycles. The zero-order valence-corrected chi connectivity index (χ0v) is 18.3. The van der Waals surface area contributed by atoms with Gasteiger partial charge in [0.1, 0.15) is 0 Å². The van der Waals surface area contributed by atoms with E-state index in [1.807, 2.05) is 24.3 Å². The molecule has 6 heteroatoms. The fourth-order valence-electron chi connectivity index (χ4n) is 2.71. The second-order valence-corrected chi connectivity index (χ2v) is 7.65.